The first kappa shape index (κ1) is 34.8. The second-order valence-electron chi connectivity index (χ2n) is 11.2. The number of anilines is 1. The van der Waals surface area contributed by atoms with Crippen LogP contribution in [0.3, 0.4) is 0 Å². The molecule has 45 heavy (non-hydrogen) atoms. The Bertz CT molecular complexity index is 1450. The summed E-state index contributed by atoms with van der Waals surface area (Å²) in [5, 5.41) is 5.55. The summed E-state index contributed by atoms with van der Waals surface area (Å²) in [7, 11) is 1.46. The fourth-order valence-electron chi connectivity index (χ4n) is 4.46. The highest BCUT2D eigenvalue weighted by Gasteiger charge is 2.21. The van der Waals surface area contributed by atoms with Crippen LogP contribution in [-0.2, 0) is 16.0 Å². The summed E-state index contributed by atoms with van der Waals surface area (Å²) in [5.74, 6) is -0.369. The predicted molar refractivity (Wildman–Crippen MR) is 174 cm³/mol. The van der Waals surface area contributed by atoms with Gasteiger partial charge in [-0.1, -0.05) is 58.6 Å². The minimum atomic E-state index is -0.818. The van der Waals surface area contributed by atoms with Crippen LogP contribution in [0, 0.1) is 5.92 Å². The lowest BCUT2D eigenvalue weighted by Crippen LogP contribution is -2.41. The number of benzene rings is 3. The second-order valence-corrected chi connectivity index (χ2v) is 11.2. The van der Waals surface area contributed by atoms with Crippen molar-refractivity contribution in [2.75, 3.05) is 19.0 Å². The van der Waals surface area contributed by atoms with Gasteiger partial charge in [0.15, 0.2) is 17.3 Å². The average molecular weight is 617 g/mol. The van der Waals surface area contributed by atoms with Crippen molar-refractivity contribution < 1.29 is 33.4 Å². The van der Waals surface area contributed by atoms with Crippen LogP contribution in [0.4, 0.5) is 5.69 Å². The number of unbranched alkanes of at least 4 members (excludes halogenated alkanes) is 4. The Hall–Kier alpha value is -4.66. The van der Waals surface area contributed by atoms with Gasteiger partial charge in [-0.2, -0.15) is 0 Å². The number of methoxy groups -OCH3 is 1. The number of amides is 2. The third kappa shape index (κ3) is 11.1. The van der Waals surface area contributed by atoms with Crippen LogP contribution in [0.25, 0.3) is 0 Å². The minimum Gasteiger partial charge on any atom is -0.494 e. The number of ketones is 1. The normalized spacial score (nSPS) is 11.4. The highest BCUT2D eigenvalue weighted by atomic mass is 16.6. The van der Waals surface area contributed by atoms with E-state index in [-0.39, 0.29) is 29.8 Å². The van der Waals surface area contributed by atoms with Crippen molar-refractivity contribution in [2.24, 2.45) is 5.92 Å². The molecule has 0 bridgehead atoms. The monoisotopic (exact) mass is 616 g/mol. The third-order valence-corrected chi connectivity index (χ3v) is 7.19. The van der Waals surface area contributed by atoms with E-state index < -0.39 is 17.9 Å². The molecule has 2 N–H and O–H groups in total. The second kappa shape index (κ2) is 17.6. The Morgan fingerprint density at radius 2 is 1.56 bits per heavy atom. The first-order valence-electron chi connectivity index (χ1n) is 15.5. The molecule has 0 saturated heterocycles. The zero-order chi connectivity index (χ0) is 32.8. The van der Waals surface area contributed by atoms with Crippen molar-refractivity contribution in [3.63, 3.8) is 0 Å². The fourth-order valence-corrected chi connectivity index (χ4v) is 4.46. The Balaban J connectivity index is 1.61. The molecular weight excluding hydrogens is 572 g/mol. The number of hydrogen-bond acceptors (Lipinski definition) is 7. The summed E-state index contributed by atoms with van der Waals surface area (Å²) in [6.45, 7) is 7.78. The maximum absolute atomic E-state index is 13.0. The zero-order valence-electron chi connectivity index (χ0n) is 26.8. The van der Waals surface area contributed by atoms with Crippen molar-refractivity contribution in [3.8, 4) is 17.2 Å². The van der Waals surface area contributed by atoms with E-state index in [1.165, 1.54) is 33.3 Å². The van der Waals surface area contributed by atoms with Gasteiger partial charge >= 0.3 is 5.97 Å². The predicted octanol–water partition coefficient (Wildman–Crippen LogP) is 6.79. The van der Waals surface area contributed by atoms with Gasteiger partial charge < -0.3 is 24.8 Å². The molecule has 0 radical (unpaired) electrons. The highest BCUT2D eigenvalue weighted by Crippen LogP contribution is 2.30. The molecule has 0 aliphatic rings. The van der Waals surface area contributed by atoms with Crippen LogP contribution in [0.1, 0.15) is 86.1 Å². The minimum absolute atomic E-state index is 0.163. The van der Waals surface area contributed by atoms with Crippen molar-refractivity contribution in [3.05, 3.63) is 83.4 Å². The van der Waals surface area contributed by atoms with Crippen LogP contribution in [0.15, 0.2) is 66.7 Å². The van der Waals surface area contributed by atoms with Gasteiger partial charge in [0.25, 0.3) is 5.91 Å². The van der Waals surface area contributed by atoms with Crippen molar-refractivity contribution in [1.82, 2.24) is 5.32 Å². The number of esters is 1. The van der Waals surface area contributed by atoms with Gasteiger partial charge in [-0.15, -0.1) is 0 Å². The van der Waals surface area contributed by atoms with E-state index in [4.69, 9.17) is 14.2 Å². The number of ether oxygens (including phenoxy) is 3. The van der Waals surface area contributed by atoms with Crippen molar-refractivity contribution >= 4 is 29.3 Å². The Morgan fingerprint density at radius 1 is 0.822 bits per heavy atom. The first-order valence-corrected chi connectivity index (χ1v) is 15.5. The molecule has 0 saturated carbocycles. The summed E-state index contributed by atoms with van der Waals surface area (Å²) in [5.41, 5.74) is 1.86. The molecule has 0 spiro atoms. The van der Waals surface area contributed by atoms with Crippen LogP contribution in [0.5, 0.6) is 17.2 Å². The molecule has 3 aromatic carbocycles. The standard InChI is InChI=1S/C36H44N2O7/c1-6-7-8-9-10-20-44-30-17-15-27(16-18-30)36(42)45-32-19-14-26(22-33(32)43-5)21-31(25(4)39)38-35(41)28-12-11-13-29(23-28)37-34(40)24(2)3/h11-19,22-24,31H,6-10,20-21H2,1-5H3,(H,37,40)(H,38,41). The van der Waals surface area contributed by atoms with Gasteiger partial charge in [-0.3, -0.25) is 14.4 Å². The van der Waals surface area contributed by atoms with Gasteiger partial charge in [-0.25, -0.2) is 4.79 Å². The Morgan fingerprint density at radius 3 is 2.22 bits per heavy atom. The summed E-state index contributed by atoms with van der Waals surface area (Å²) in [4.78, 5) is 50.4. The molecule has 2 amide bonds. The quantitative estimate of drug-likeness (QED) is 0.0974. The van der Waals surface area contributed by atoms with Crippen LogP contribution in [-0.4, -0.2) is 43.3 Å². The SMILES string of the molecule is CCCCCCCOc1ccc(C(=O)Oc2ccc(CC(NC(=O)c3cccc(NC(=O)C(C)C)c3)C(C)=O)cc2OC)cc1. The molecule has 0 heterocycles. The van der Waals surface area contributed by atoms with Gasteiger partial charge in [0.1, 0.15) is 5.75 Å². The molecule has 0 fully saturated rings. The molecule has 1 atom stereocenters. The molecule has 9 nitrogen and oxygen atoms in total. The number of nitrogens with one attached hydrogen (secondary N) is 2. The smallest absolute Gasteiger partial charge is 0.343 e. The van der Waals surface area contributed by atoms with Gasteiger partial charge in [-0.05, 0) is 79.9 Å². The lowest BCUT2D eigenvalue weighted by molar-refractivity contribution is -0.119. The van der Waals surface area contributed by atoms with E-state index in [0.717, 1.165) is 12.8 Å². The van der Waals surface area contributed by atoms with Crippen LogP contribution >= 0.6 is 0 Å². The molecular formula is C36H44N2O7. The van der Waals surface area contributed by atoms with Crippen molar-refractivity contribution in [1.29, 1.82) is 0 Å². The van der Waals surface area contributed by atoms with E-state index in [1.54, 1.807) is 80.6 Å². The summed E-state index contributed by atoms with van der Waals surface area (Å²) in [6.07, 6.45) is 5.97. The van der Waals surface area contributed by atoms with Crippen LogP contribution in [0.2, 0.25) is 0 Å². The molecule has 3 rings (SSSR count). The summed E-state index contributed by atoms with van der Waals surface area (Å²) >= 11 is 0. The first-order chi connectivity index (χ1) is 21.6. The Labute approximate surface area is 265 Å². The zero-order valence-corrected chi connectivity index (χ0v) is 26.8. The van der Waals surface area contributed by atoms with E-state index in [1.807, 2.05) is 0 Å². The van der Waals surface area contributed by atoms with Gasteiger partial charge in [0.2, 0.25) is 5.91 Å². The largest absolute Gasteiger partial charge is 0.494 e. The number of rotatable bonds is 17. The van der Waals surface area contributed by atoms with Gasteiger partial charge in [0, 0.05) is 17.2 Å². The van der Waals surface area contributed by atoms with Crippen LogP contribution < -0.4 is 24.8 Å². The maximum atomic E-state index is 13.0. The molecule has 0 aromatic heterocycles. The molecule has 0 aliphatic carbocycles. The van der Waals surface area contributed by atoms with Crippen molar-refractivity contribution in [2.45, 2.75) is 72.3 Å². The molecule has 0 aliphatic heterocycles. The molecule has 1 unspecified atom stereocenters. The van der Waals surface area contributed by atoms with E-state index >= 15 is 0 Å². The van der Waals surface area contributed by atoms with E-state index in [2.05, 4.69) is 17.6 Å². The number of carbonyl (C=O) groups excluding carboxylic acids is 4. The molecule has 3 aromatic rings. The summed E-state index contributed by atoms with van der Waals surface area (Å²) < 4.78 is 16.9. The Kier molecular flexibility index (Phi) is 13.6. The molecule has 9 heteroatoms. The summed E-state index contributed by atoms with van der Waals surface area (Å²) in [6, 6.07) is 17.5. The fraction of sp³-hybridized carbons (Fsp3) is 0.389. The lowest BCUT2D eigenvalue weighted by atomic mass is 10.0. The van der Waals surface area contributed by atoms with Gasteiger partial charge in [0.05, 0.1) is 25.3 Å². The van der Waals surface area contributed by atoms with E-state index in [9.17, 15) is 19.2 Å². The number of carbonyl (C=O) groups is 4. The number of Topliss-reactive ketones (excluding diaryl/α,β-unsaturated/α-hetero) is 1. The number of hydrogen-bond donors (Lipinski definition) is 2. The van der Waals surface area contributed by atoms with E-state index in [0.29, 0.717) is 40.5 Å². The average Bonchev–Trinajstić information content (AvgIpc) is 3.03. The highest BCUT2D eigenvalue weighted by molar-refractivity contribution is 5.99. The maximum Gasteiger partial charge on any atom is 0.343 e. The topological polar surface area (TPSA) is 120 Å². The molecule has 240 valence electrons. The third-order valence-electron chi connectivity index (χ3n) is 7.19. The lowest BCUT2D eigenvalue weighted by Gasteiger charge is -2.18.